The maximum absolute atomic E-state index is 11.8. The van der Waals surface area contributed by atoms with Gasteiger partial charge in [-0.1, -0.05) is 62.8 Å². The van der Waals surface area contributed by atoms with E-state index in [2.05, 4.69) is 12.1 Å². The van der Waals surface area contributed by atoms with Gasteiger partial charge in [0.1, 0.15) is 5.75 Å². The highest BCUT2D eigenvalue weighted by Crippen LogP contribution is 2.23. The van der Waals surface area contributed by atoms with E-state index in [1.54, 1.807) is 12.1 Å². The standard InChI is InChI=1S/C30H44O5/c1-4-32-29(33-5-2)15-13-11-9-7-8-10-12-14-24-35-28-22-20-26(21-23-28)25-16-18-27(19-17-25)30(31)34-6-3/h16-23,29H,4-15,24H2,1-3H3. The van der Waals surface area contributed by atoms with Gasteiger partial charge in [0.2, 0.25) is 0 Å². The number of rotatable bonds is 19. The van der Waals surface area contributed by atoms with Crippen LogP contribution in [0.4, 0.5) is 0 Å². The topological polar surface area (TPSA) is 54.0 Å². The van der Waals surface area contributed by atoms with E-state index in [1.165, 1.54) is 44.9 Å². The number of benzene rings is 2. The van der Waals surface area contributed by atoms with Crippen molar-refractivity contribution in [1.29, 1.82) is 0 Å². The molecule has 0 unspecified atom stereocenters. The van der Waals surface area contributed by atoms with E-state index in [9.17, 15) is 4.79 Å². The molecule has 35 heavy (non-hydrogen) atoms. The summed E-state index contributed by atoms with van der Waals surface area (Å²) in [7, 11) is 0. The summed E-state index contributed by atoms with van der Waals surface area (Å²) < 4.78 is 22.1. The third-order valence-electron chi connectivity index (χ3n) is 5.89. The molecule has 0 heterocycles. The lowest BCUT2D eigenvalue weighted by Crippen LogP contribution is -2.17. The summed E-state index contributed by atoms with van der Waals surface area (Å²) in [6.45, 7) is 8.41. The smallest absolute Gasteiger partial charge is 0.338 e. The Kier molecular flexibility index (Phi) is 14.8. The molecule has 0 radical (unpaired) electrons. The second-order valence-corrected chi connectivity index (χ2v) is 8.63. The van der Waals surface area contributed by atoms with Crippen LogP contribution in [-0.4, -0.2) is 38.7 Å². The van der Waals surface area contributed by atoms with Crippen molar-refractivity contribution in [3.8, 4) is 16.9 Å². The summed E-state index contributed by atoms with van der Waals surface area (Å²) in [5.41, 5.74) is 2.73. The molecule has 2 rings (SSSR count). The zero-order valence-electron chi connectivity index (χ0n) is 21.9. The minimum Gasteiger partial charge on any atom is -0.494 e. The SMILES string of the molecule is CCOC(=O)c1ccc(-c2ccc(OCCCCCCCCCCC(OCC)OCC)cc2)cc1. The summed E-state index contributed by atoms with van der Waals surface area (Å²) in [5, 5.41) is 0. The van der Waals surface area contributed by atoms with Gasteiger partial charge in [-0.3, -0.25) is 0 Å². The van der Waals surface area contributed by atoms with Gasteiger partial charge in [0.05, 0.1) is 18.8 Å². The number of hydrogen-bond acceptors (Lipinski definition) is 5. The quantitative estimate of drug-likeness (QED) is 0.116. The van der Waals surface area contributed by atoms with E-state index in [0.717, 1.165) is 36.3 Å². The van der Waals surface area contributed by atoms with Crippen LogP contribution < -0.4 is 4.74 Å². The van der Waals surface area contributed by atoms with Gasteiger partial charge in [-0.15, -0.1) is 0 Å². The van der Waals surface area contributed by atoms with Crippen LogP contribution in [0.2, 0.25) is 0 Å². The number of ether oxygens (including phenoxy) is 4. The average Bonchev–Trinajstić information content (AvgIpc) is 2.88. The predicted octanol–water partition coefficient (Wildman–Crippen LogP) is 7.82. The minimum atomic E-state index is -0.285. The molecule has 0 aromatic heterocycles. The maximum Gasteiger partial charge on any atom is 0.338 e. The first-order valence-electron chi connectivity index (χ1n) is 13.4. The van der Waals surface area contributed by atoms with Crippen molar-refractivity contribution in [2.24, 2.45) is 0 Å². The summed E-state index contributed by atoms with van der Waals surface area (Å²) in [6, 6.07) is 15.6. The Labute approximate surface area is 212 Å². The van der Waals surface area contributed by atoms with Gasteiger partial charge in [-0.2, -0.15) is 0 Å². The van der Waals surface area contributed by atoms with Crippen molar-refractivity contribution in [3.05, 3.63) is 54.1 Å². The van der Waals surface area contributed by atoms with Crippen molar-refractivity contribution >= 4 is 5.97 Å². The predicted molar refractivity (Wildman–Crippen MR) is 142 cm³/mol. The van der Waals surface area contributed by atoms with E-state index in [-0.39, 0.29) is 12.3 Å². The van der Waals surface area contributed by atoms with E-state index in [4.69, 9.17) is 18.9 Å². The highest BCUT2D eigenvalue weighted by Gasteiger charge is 2.08. The normalized spacial score (nSPS) is 11.1. The maximum atomic E-state index is 11.8. The Morgan fingerprint density at radius 1 is 0.657 bits per heavy atom. The largest absolute Gasteiger partial charge is 0.494 e. The van der Waals surface area contributed by atoms with Gasteiger partial charge < -0.3 is 18.9 Å². The lowest BCUT2D eigenvalue weighted by atomic mass is 10.0. The fraction of sp³-hybridized carbons (Fsp3) is 0.567. The van der Waals surface area contributed by atoms with Crippen LogP contribution in [0, 0.1) is 0 Å². The monoisotopic (exact) mass is 484 g/mol. The molecule has 2 aromatic carbocycles. The lowest BCUT2D eigenvalue weighted by Gasteiger charge is -2.16. The molecule has 0 N–H and O–H groups in total. The Morgan fingerprint density at radius 2 is 1.17 bits per heavy atom. The van der Waals surface area contributed by atoms with Crippen molar-refractivity contribution in [2.45, 2.75) is 84.8 Å². The van der Waals surface area contributed by atoms with Crippen LogP contribution in [0.5, 0.6) is 5.75 Å². The fourth-order valence-corrected chi connectivity index (χ4v) is 4.01. The zero-order chi connectivity index (χ0) is 25.1. The molecule has 0 atom stereocenters. The van der Waals surface area contributed by atoms with E-state index >= 15 is 0 Å². The molecule has 0 saturated heterocycles. The highest BCUT2D eigenvalue weighted by atomic mass is 16.7. The average molecular weight is 485 g/mol. The van der Waals surface area contributed by atoms with Gasteiger partial charge in [0, 0.05) is 13.2 Å². The van der Waals surface area contributed by atoms with Gasteiger partial charge in [-0.05, 0) is 75.4 Å². The zero-order valence-corrected chi connectivity index (χ0v) is 21.9. The first-order valence-corrected chi connectivity index (χ1v) is 13.4. The number of carbonyl (C=O) groups excluding carboxylic acids is 1. The van der Waals surface area contributed by atoms with Crippen molar-refractivity contribution < 1.29 is 23.7 Å². The second-order valence-electron chi connectivity index (χ2n) is 8.63. The number of carbonyl (C=O) groups is 1. The molecule has 0 aliphatic carbocycles. The van der Waals surface area contributed by atoms with Gasteiger partial charge in [0.15, 0.2) is 6.29 Å². The van der Waals surface area contributed by atoms with Crippen molar-refractivity contribution in [3.63, 3.8) is 0 Å². The molecular formula is C30H44O5. The molecule has 2 aromatic rings. The third-order valence-corrected chi connectivity index (χ3v) is 5.89. The van der Waals surface area contributed by atoms with Crippen molar-refractivity contribution in [2.75, 3.05) is 26.4 Å². The summed E-state index contributed by atoms with van der Waals surface area (Å²) in [5.74, 6) is 0.612. The third kappa shape index (κ3) is 11.7. The molecule has 0 aliphatic heterocycles. The highest BCUT2D eigenvalue weighted by molar-refractivity contribution is 5.90. The Balaban J connectivity index is 1.53. The molecule has 0 saturated carbocycles. The molecule has 0 amide bonds. The van der Waals surface area contributed by atoms with Crippen LogP contribution >= 0.6 is 0 Å². The minimum absolute atomic E-state index is 0.0226. The van der Waals surface area contributed by atoms with Crippen LogP contribution in [0.25, 0.3) is 11.1 Å². The molecule has 0 fully saturated rings. The van der Waals surface area contributed by atoms with Crippen LogP contribution in [-0.2, 0) is 14.2 Å². The Hall–Kier alpha value is -2.37. The van der Waals surface area contributed by atoms with Crippen LogP contribution in [0.15, 0.2) is 48.5 Å². The summed E-state index contributed by atoms with van der Waals surface area (Å²) in [6.07, 6.45) is 10.9. The molecule has 194 valence electrons. The van der Waals surface area contributed by atoms with Gasteiger partial charge >= 0.3 is 5.97 Å². The van der Waals surface area contributed by atoms with E-state index in [1.807, 2.05) is 45.0 Å². The summed E-state index contributed by atoms with van der Waals surface area (Å²) >= 11 is 0. The molecule has 5 nitrogen and oxygen atoms in total. The van der Waals surface area contributed by atoms with E-state index in [0.29, 0.717) is 25.4 Å². The molecule has 5 heteroatoms. The second kappa shape index (κ2) is 18.0. The fourth-order valence-electron chi connectivity index (χ4n) is 4.01. The lowest BCUT2D eigenvalue weighted by molar-refractivity contribution is -0.140. The van der Waals surface area contributed by atoms with Crippen molar-refractivity contribution in [1.82, 2.24) is 0 Å². The Bertz CT molecular complexity index is 795. The summed E-state index contributed by atoms with van der Waals surface area (Å²) in [4.78, 5) is 11.8. The van der Waals surface area contributed by atoms with E-state index < -0.39 is 0 Å². The number of esters is 1. The Morgan fingerprint density at radius 3 is 1.71 bits per heavy atom. The van der Waals surface area contributed by atoms with Gasteiger partial charge in [0.25, 0.3) is 0 Å². The molecule has 0 bridgehead atoms. The number of hydrogen-bond donors (Lipinski definition) is 0. The molecule has 0 spiro atoms. The molecule has 0 aliphatic rings. The number of unbranched alkanes of at least 4 members (excludes halogenated alkanes) is 7. The van der Waals surface area contributed by atoms with Crippen LogP contribution in [0.1, 0.15) is 88.9 Å². The molecular weight excluding hydrogens is 440 g/mol. The van der Waals surface area contributed by atoms with Gasteiger partial charge in [-0.25, -0.2) is 4.79 Å². The van der Waals surface area contributed by atoms with Crippen LogP contribution in [0.3, 0.4) is 0 Å². The first-order chi connectivity index (χ1) is 17.2. The first kappa shape index (κ1) is 28.9.